The zero-order chi connectivity index (χ0) is 35.8. The van der Waals surface area contributed by atoms with Gasteiger partial charge in [-0.3, -0.25) is 19.1 Å². The van der Waals surface area contributed by atoms with Crippen LogP contribution in [0.2, 0.25) is 10.0 Å². The molecule has 12 nitrogen and oxygen atoms in total. The number of methoxy groups -OCH3 is 2. The minimum Gasteiger partial charge on any atom is -0.495 e. The summed E-state index contributed by atoms with van der Waals surface area (Å²) in [6, 6.07) is 5.45. The lowest BCUT2D eigenvalue weighted by Crippen LogP contribution is -2.70. The molecule has 0 radical (unpaired) electrons. The lowest BCUT2D eigenvalue weighted by atomic mass is 9.75. The van der Waals surface area contributed by atoms with Crippen molar-refractivity contribution in [2.24, 2.45) is 11.3 Å². The quantitative estimate of drug-likeness (QED) is 0.202. The van der Waals surface area contributed by atoms with Gasteiger partial charge >= 0.3 is 0 Å². The van der Waals surface area contributed by atoms with E-state index in [9.17, 15) is 14.9 Å². The lowest BCUT2D eigenvalue weighted by molar-refractivity contribution is -0.204. The summed E-state index contributed by atoms with van der Waals surface area (Å²) in [5.74, 6) is 1.21. The van der Waals surface area contributed by atoms with Crippen LogP contribution in [-0.2, 0) is 16.1 Å². The topological polar surface area (TPSA) is 135 Å². The number of hydrogen-bond acceptors (Lipinski definition) is 10. The summed E-state index contributed by atoms with van der Waals surface area (Å²) in [6.07, 6.45) is 6.69. The molecule has 1 spiro atoms. The molecule has 2 aromatic heterocycles. The Balaban J connectivity index is 1.15. The van der Waals surface area contributed by atoms with Gasteiger partial charge in [0, 0.05) is 73.9 Å². The Hall–Kier alpha value is -3.89. The lowest BCUT2D eigenvalue weighted by Gasteiger charge is -2.59. The normalized spacial score (nSPS) is 18.0. The highest BCUT2D eigenvalue weighted by Crippen LogP contribution is 2.46. The van der Waals surface area contributed by atoms with Crippen LogP contribution in [0.5, 0.6) is 11.5 Å². The van der Waals surface area contributed by atoms with Crippen LogP contribution in [0.1, 0.15) is 39.5 Å². The second-order valence-electron chi connectivity index (χ2n) is 14.1. The molecule has 3 saturated heterocycles. The number of nitriles is 1. The van der Waals surface area contributed by atoms with E-state index in [4.69, 9.17) is 37.4 Å². The molecule has 0 bridgehead atoms. The van der Waals surface area contributed by atoms with E-state index in [-0.39, 0.29) is 38.1 Å². The van der Waals surface area contributed by atoms with Crippen molar-refractivity contribution in [3.05, 3.63) is 50.4 Å². The van der Waals surface area contributed by atoms with Crippen LogP contribution in [0.15, 0.2) is 34.8 Å². The first-order valence-corrected chi connectivity index (χ1v) is 17.6. The van der Waals surface area contributed by atoms with Crippen molar-refractivity contribution in [1.29, 1.82) is 5.26 Å². The van der Waals surface area contributed by atoms with Gasteiger partial charge < -0.3 is 24.4 Å². The number of hydrogen-bond donors (Lipinski definition) is 1. The third-order valence-corrected chi connectivity index (χ3v) is 11.1. The number of carbonyl (C=O) groups excluding carboxylic acids is 1. The molecule has 0 aliphatic carbocycles. The zero-order valence-corrected chi connectivity index (χ0v) is 30.7. The first-order chi connectivity index (χ1) is 23.9. The number of pyridine rings is 1. The fraction of sp³-hybridized carbons (Fsp3) is 0.528. The van der Waals surface area contributed by atoms with Crippen LogP contribution in [-0.4, -0.2) is 96.4 Å². The SMILES string of the molecule is CNc1ncc2cc(-c3c(Cl)c(OC)cc(OC)c3Cl)c(=O)n(CCCC3CCN(C(=O)/C(C#N)=C\C(C)(C)N4CC5(COC5)C4)CC3)c2n1. The number of aryl methyl sites for hydroxylation is 1. The second-order valence-corrected chi connectivity index (χ2v) is 14.8. The molecular formula is C36H43Cl2N7O5. The number of fused-ring (bicyclic) bond motifs is 1. The average molecular weight is 725 g/mol. The number of rotatable bonds is 11. The van der Waals surface area contributed by atoms with E-state index >= 15 is 0 Å². The minimum atomic E-state index is -0.395. The van der Waals surface area contributed by atoms with E-state index in [0.29, 0.717) is 66.0 Å². The number of anilines is 1. The molecular weight excluding hydrogens is 681 g/mol. The van der Waals surface area contributed by atoms with Gasteiger partial charge in [-0.2, -0.15) is 10.2 Å². The Labute approximate surface area is 301 Å². The third kappa shape index (κ3) is 6.76. The van der Waals surface area contributed by atoms with Crippen LogP contribution in [0.4, 0.5) is 5.95 Å². The highest BCUT2D eigenvalue weighted by Gasteiger charge is 2.52. The number of piperidine rings is 1. The van der Waals surface area contributed by atoms with Gasteiger partial charge in [0.2, 0.25) is 5.95 Å². The van der Waals surface area contributed by atoms with E-state index in [1.54, 1.807) is 34.8 Å². The predicted octanol–water partition coefficient (Wildman–Crippen LogP) is 5.40. The standard InChI is InChI=1S/C36H43Cl2N7O5/c1-35(2,44-18-36(19-44)20-50-21-36)15-24(16-39)32(46)43-11-8-22(9-12-43)7-6-10-45-31-23(17-41-34(40-3)42-31)13-25(33(45)47)28-29(37)26(48-4)14-27(49-5)30(28)38/h13-15,17,22H,6-12,18-21H2,1-5H3,(H,40,41,42)/b24-15-. The van der Waals surface area contributed by atoms with Crippen molar-refractivity contribution in [2.45, 2.75) is 51.6 Å². The second kappa shape index (κ2) is 14.4. The van der Waals surface area contributed by atoms with E-state index in [2.05, 4.69) is 40.1 Å². The maximum atomic E-state index is 14.2. The number of benzene rings is 1. The molecule has 1 amide bonds. The number of carbonyl (C=O) groups is 1. The van der Waals surface area contributed by atoms with Gasteiger partial charge in [0.1, 0.15) is 28.8 Å². The number of ether oxygens (including phenoxy) is 3. The van der Waals surface area contributed by atoms with Crippen LogP contribution in [0.3, 0.4) is 0 Å². The molecule has 0 unspecified atom stereocenters. The summed E-state index contributed by atoms with van der Waals surface area (Å²) < 4.78 is 18.0. The largest absolute Gasteiger partial charge is 0.495 e. The van der Waals surface area contributed by atoms with Crippen molar-refractivity contribution >= 4 is 46.1 Å². The molecule has 0 saturated carbocycles. The molecule has 50 heavy (non-hydrogen) atoms. The van der Waals surface area contributed by atoms with Gasteiger partial charge in [0.05, 0.1) is 43.0 Å². The fourth-order valence-electron chi connectivity index (χ4n) is 7.25. The molecule has 5 heterocycles. The zero-order valence-electron chi connectivity index (χ0n) is 29.1. The maximum absolute atomic E-state index is 14.2. The Kier molecular flexibility index (Phi) is 10.3. The van der Waals surface area contributed by atoms with Crippen LogP contribution in [0, 0.1) is 22.7 Å². The highest BCUT2D eigenvalue weighted by atomic mass is 35.5. The summed E-state index contributed by atoms with van der Waals surface area (Å²) in [5, 5.41) is 13.9. The summed E-state index contributed by atoms with van der Waals surface area (Å²) in [4.78, 5) is 40.7. The van der Waals surface area contributed by atoms with Crippen molar-refractivity contribution in [1.82, 2.24) is 24.3 Å². The summed E-state index contributed by atoms with van der Waals surface area (Å²) in [7, 11) is 4.69. The predicted molar refractivity (Wildman–Crippen MR) is 193 cm³/mol. The van der Waals surface area contributed by atoms with Crippen molar-refractivity contribution in [2.75, 3.05) is 66.0 Å². The monoisotopic (exact) mass is 723 g/mol. The van der Waals surface area contributed by atoms with Gasteiger partial charge in [0.25, 0.3) is 11.5 Å². The summed E-state index contributed by atoms with van der Waals surface area (Å²) in [6.45, 7) is 9.10. The van der Waals surface area contributed by atoms with Crippen LogP contribution >= 0.6 is 23.2 Å². The number of halogens is 2. The molecule has 3 fully saturated rings. The van der Waals surface area contributed by atoms with Gasteiger partial charge in [-0.15, -0.1) is 0 Å². The molecule has 1 N–H and O–H groups in total. The molecule has 266 valence electrons. The van der Waals surface area contributed by atoms with Crippen molar-refractivity contribution in [3.63, 3.8) is 0 Å². The Morgan fingerprint density at radius 3 is 2.38 bits per heavy atom. The molecule has 0 atom stereocenters. The maximum Gasteiger partial charge on any atom is 0.264 e. The van der Waals surface area contributed by atoms with Crippen LogP contribution < -0.4 is 20.3 Å². The van der Waals surface area contributed by atoms with Crippen molar-refractivity contribution in [3.8, 4) is 28.7 Å². The highest BCUT2D eigenvalue weighted by molar-refractivity contribution is 6.41. The molecule has 1 aromatic carbocycles. The first kappa shape index (κ1) is 35.9. The molecule has 14 heteroatoms. The van der Waals surface area contributed by atoms with Gasteiger partial charge in [0.15, 0.2) is 0 Å². The molecule has 3 aliphatic heterocycles. The summed E-state index contributed by atoms with van der Waals surface area (Å²) in [5.41, 5.74) is 0.848. The average Bonchev–Trinajstić information content (AvgIpc) is 3.07. The smallest absolute Gasteiger partial charge is 0.264 e. The Bertz CT molecular complexity index is 1890. The Morgan fingerprint density at radius 1 is 1.16 bits per heavy atom. The van der Waals surface area contributed by atoms with Gasteiger partial charge in [-0.05, 0) is 57.6 Å². The van der Waals surface area contributed by atoms with Crippen LogP contribution in [0.25, 0.3) is 22.2 Å². The molecule has 3 aromatic rings. The van der Waals surface area contributed by atoms with E-state index in [1.165, 1.54) is 14.2 Å². The number of amides is 1. The number of likely N-dealkylation sites (tertiary alicyclic amines) is 2. The minimum absolute atomic E-state index is 0.196. The molecule has 3 aliphatic rings. The fourth-order valence-corrected chi connectivity index (χ4v) is 7.96. The van der Waals surface area contributed by atoms with E-state index in [1.807, 2.05) is 6.08 Å². The first-order valence-electron chi connectivity index (χ1n) is 16.9. The third-order valence-electron chi connectivity index (χ3n) is 10.3. The summed E-state index contributed by atoms with van der Waals surface area (Å²) >= 11 is 13.5. The van der Waals surface area contributed by atoms with Gasteiger partial charge in [-0.1, -0.05) is 23.2 Å². The number of nitrogens with zero attached hydrogens (tertiary/aromatic N) is 6. The van der Waals surface area contributed by atoms with Crippen molar-refractivity contribution < 1.29 is 19.0 Å². The molecule has 6 rings (SSSR count). The number of aromatic nitrogens is 3. The van der Waals surface area contributed by atoms with E-state index in [0.717, 1.165) is 45.6 Å². The Morgan fingerprint density at radius 2 is 1.82 bits per heavy atom. The van der Waals surface area contributed by atoms with E-state index < -0.39 is 5.54 Å². The van der Waals surface area contributed by atoms with Gasteiger partial charge in [-0.25, -0.2) is 4.98 Å². The number of nitrogens with one attached hydrogen (secondary N) is 1.